The van der Waals surface area contributed by atoms with E-state index in [1.54, 1.807) is 72.8 Å². The molecule has 0 unspecified atom stereocenters. The first-order valence-electron chi connectivity index (χ1n) is 12.7. The van der Waals surface area contributed by atoms with E-state index >= 15 is 0 Å². The van der Waals surface area contributed by atoms with Gasteiger partial charge in [-0.05, 0) is 66.7 Å². The van der Waals surface area contributed by atoms with E-state index in [4.69, 9.17) is 9.47 Å². The average molecular weight is 586 g/mol. The second kappa shape index (κ2) is 14.5. The van der Waals surface area contributed by atoms with Crippen LogP contribution in [-0.4, -0.2) is 37.7 Å². The van der Waals surface area contributed by atoms with Crippen molar-refractivity contribution in [1.82, 2.24) is 5.32 Å². The number of hydrogen-bond acceptors (Lipinski definition) is 6. The summed E-state index contributed by atoms with van der Waals surface area (Å²) in [6.07, 6.45) is 1.51. The Bertz CT molecular complexity index is 1590. The summed E-state index contributed by atoms with van der Waals surface area (Å²) < 4.78 is 24.0. The Morgan fingerprint density at radius 1 is 0.810 bits per heavy atom. The molecule has 0 saturated carbocycles. The minimum Gasteiger partial charge on any atom is -0.493 e. The molecule has 0 aromatic heterocycles. The van der Waals surface area contributed by atoms with Crippen LogP contribution in [0.1, 0.15) is 15.9 Å². The number of benzene rings is 4. The standard InChI is InChI=1S/C32H28FN3O5S/c1-40-28-13-6-10-22(30(28)41-2)18-27(36-31(38)21-8-4-3-5-9-21)32(39)35-25-11-7-12-26(19-25)42-20-29(37)34-24-16-14-23(33)15-17-24/h3-19H,20H2,1-2H3,(H,34,37)(H,35,39)(H,36,38)/b27-18+. The number of nitrogens with one attached hydrogen (secondary N) is 3. The van der Waals surface area contributed by atoms with Crippen molar-refractivity contribution in [3.8, 4) is 11.5 Å². The summed E-state index contributed by atoms with van der Waals surface area (Å²) in [5.41, 5.74) is 1.83. The van der Waals surface area contributed by atoms with Crippen molar-refractivity contribution >= 4 is 46.9 Å². The molecule has 4 aromatic rings. The fourth-order valence-electron chi connectivity index (χ4n) is 3.86. The summed E-state index contributed by atoms with van der Waals surface area (Å²) in [6.45, 7) is 0. The van der Waals surface area contributed by atoms with Crippen molar-refractivity contribution in [2.24, 2.45) is 0 Å². The van der Waals surface area contributed by atoms with Crippen LogP contribution in [0.3, 0.4) is 0 Å². The highest BCUT2D eigenvalue weighted by molar-refractivity contribution is 8.00. The fraction of sp³-hybridized carbons (Fsp3) is 0.0938. The van der Waals surface area contributed by atoms with Crippen LogP contribution in [-0.2, 0) is 9.59 Å². The molecule has 4 rings (SSSR count). The Morgan fingerprint density at radius 3 is 2.26 bits per heavy atom. The summed E-state index contributed by atoms with van der Waals surface area (Å²) in [5.74, 6) is -0.715. The smallest absolute Gasteiger partial charge is 0.272 e. The summed E-state index contributed by atoms with van der Waals surface area (Å²) in [4.78, 5) is 39.5. The Balaban J connectivity index is 1.51. The van der Waals surface area contributed by atoms with Crippen LogP contribution in [0.25, 0.3) is 6.08 Å². The third kappa shape index (κ3) is 8.21. The number of halogens is 1. The molecule has 8 nitrogen and oxygen atoms in total. The van der Waals surface area contributed by atoms with E-state index in [1.165, 1.54) is 56.3 Å². The van der Waals surface area contributed by atoms with Crippen LogP contribution in [0, 0.1) is 5.82 Å². The molecule has 0 aliphatic heterocycles. The monoisotopic (exact) mass is 585 g/mol. The first kappa shape index (κ1) is 29.9. The summed E-state index contributed by atoms with van der Waals surface area (Å²) >= 11 is 1.27. The molecule has 0 fully saturated rings. The Morgan fingerprint density at radius 2 is 1.55 bits per heavy atom. The van der Waals surface area contributed by atoms with E-state index < -0.39 is 11.8 Å². The fourth-order valence-corrected chi connectivity index (χ4v) is 4.62. The molecule has 3 amide bonds. The maximum Gasteiger partial charge on any atom is 0.272 e. The van der Waals surface area contributed by atoms with Gasteiger partial charge in [-0.15, -0.1) is 11.8 Å². The number of carbonyl (C=O) groups excluding carboxylic acids is 3. The lowest BCUT2D eigenvalue weighted by Gasteiger charge is -2.14. The molecule has 0 aliphatic carbocycles. The number of rotatable bonds is 11. The van der Waals surface area contributed by atoms with E-state index in [0.717, 1.165) is 4.90 Å². The lowest BCUT2D eigenvalue weighted by Crippen LogP contribution is -2.30. The predicted octanol–water partition coefficient (Wildman–Crippen LogP) is 5.98. The minimum atomic E-state index is -0.569. The molecule has 4 aromatic carbocycles. The number of methoxy groups -OCH3 is 2. The van der Waals surface area contributed by atoms with Crippen molar-refractivity contribution in [3.05, 3.63) is 120 Å². The van der Waals surface area contributed by atoms with Gasteiger partial charge in [0, 0.05) is 27.4 Å². The predicted molar refractivity (Wildman–Crippen MR) is 162 cm³/mol. The zero-order valence-electron chi connectivity index (χ0n) is 22.8. The van der Waals surface area contributed by atoms with Crippen molar-refractivity contribution in [2.45, 2.75) is 4.90 Å². The number of ether oxygens (including phenoxy) is 2. The van der Waals surface area contributed by atoms with Crippen molar-refractivity contribution in [1.29, 1.82) is 0 Å². The van der Waals surface area contributed by atoms with E-state index in [9.17, 15) is 18.8 Å². The number of thioether (sulfide) groups is 1. The quantitative estimate of drug-likeness (QED) is 0.148. The third-order valence-corrected chi connectivity index (χ3v) is 6.85. The number of para-hydroxylation sites is 1. The van der Waals surface area contributed by atoms with Gasteiger partial charge >= 0.3 is 0 Å². The highest BCUT2D eigenvalue weighted by Crippen LogP contribution is 2.32. The summed E-state index contributed by atoms with van der Waals surface area (Å²) in [5, 5.41) is 8.23. The van der Waals surface area contributed by atoms with Gasteiger partial charge in [0.25, 0.3) is 11.8 Å². The highest BCUT2D eigenvalue weighted by Gasteiger charge is 2.17. The van der Waals surface area contributed by atoms with Gasteiger partial charge in [0.1, 0.15) is 11.5 Å². The van der Waals surface area contributed by atoms with Gasteiger partial charge in [-0.2, -0.15) is 0 Å². The van der Waals surface area contributed by atoms with Gasteiger partial charge in [0.15, 0.2) is 11.5 Å². The lowest BCUT2D eigenvalue weighted by atomic mass is 10.1. The van der Waals surface area contributed by atoms with Crippen LogP contribution in [0.5, 0.6) is 11.5 Å². The van der Waals surface area contributed by atoms with Crippen LogP contribution in [0.2, 0.25) is 0 Å². The highest BCUT2D eigenvalue weighted by atomic mass is 32.2. The minimum absolute atomic E-state index is 0.0212. The number of anilines is 2. The van der Waals surface area contributed by atoms with Crippen molar-refractivity contribution in [3.63, 3.8) is 0 Å². The van der Waals surface area contributed by atoms with Crippen molar-refractivity contribution < 1.29 is 28.2 Å². The molecular formula is C32H28FN3O5S. The Labute approximate surface area is 246 Å². The molecule has 0 aliphatic rings. The molecular weight excluding hydrogens is 557 g/mol. The maximum atomic E-state index is 13.5. The first-order valence-corrected chi connectivity index (χ1v) is 13.7. The molecule has 0 atom stereocenters. The summed E-state index contributed by atoms with van der Waals surface area (Å²) in [6, 6.07) is 26.2. The van der Waals surface area contributed by atoms with Gasteiger partial charge in [0.2, 0.25) is 5.91 Å². The average Bonchev–Trinajstić information content (AvgIpc) is 3.01. The van der Waals surface area contributed by atoms with E-state index in [1.807, 2.05) is 0 Å². The maximum absolute atomic E-state index is 13.5. The van der Waals surface area contributed by atoms with Gasteiger partial charge in [-0.25, -0.2) is 4.39 Å². The molecule has 0 bridgehead atoms. The molecule has 0 spiro atoms. The molecule has 10 heteroatoms. The van der Waals surface area contributed by atoms with Gasteiger partial charge < -0.3 is 25.4 Å². The van der Waals surface area contributed by atoms with Crippen molar-refractivity contribution in [2.75, 3.05) is 30.6 Å². The topological polar surface area (TPSA) is 106 Å². The number of hydrogen-bond donors (Lipinski definition) is 3. The number of carbonyl (C=O) groups is 3. The second-order valence-electron chi connectivity index (χ2n) is 8.79. The molecule has 0 heterocycles. The van der Waals surface area contributed by atoms with Gasteiger partial charge in [-0.3, -0.25) is 14.4 Å². The lowest BCUT2D eigenvalue weighted by molar-refractivity contribution is -0.114. The van der Waals surface area contributed by atoms with Gasteiger partial charge in [-0.1, -0.05) is 36.4 Å². The van der Waals surface area contributed by atoms with E-state index in [0.29, 0.717) is 34.0 Å². The molecule has 3 N–H and O–H groups in total. The number of amides is 3. The second-order valence-corrected chi connectivity index (χ2v) is 9.84. The summed E-state index contributed by atoms with van der Waals surface area (Å²) in [7, 11) is 2.99. The van der Waals surface area contributed by atoms with Crippen LogP contribution < -0.4 is 25.4 Å². The molecule has 214 valence electrons. The van der Waals surface area contributed by atoms with Gasteiger partial charge in [0.05, 0.1) is 20.0 Å². The zero-order valence-corrected chi connectivity index (χ0v) is 23.7. The SMILES string of the molecule is COc1cccc(/C=C(/NC(=O)c2ccccc2)C(=O)Nc2cccc(SCC(=O)Nc3ccc(F)cc3)c2)c1OC. The molecule has 0 radical (unpaired) electrons. The first-order chi connectivity index (χ1) is 20.4. The largest absolute Gasteiger partial charge is 0.493 e. The van der Waals surface area contributed by atoms with Crippen LogP contribution in [0.15, 0.2) is 108 Å². The van der Waals surface area contributed by atoms with Crippen LogP contribution >= 0.6 is 11.8 Å². The van der Waals surface area contributed by atoms with Crippen LogP contribution in [0.4, 0.5) is 15.8 Å². The van der Waals surface area contributed by atoms with E-state index in [-0.39, 0.29) is 23.2 Å². The molecule has 0 saturated heterocycles. The Hall–Kier alpha value is -5.09. The zero-order chi connectivity index (χ0) is 29.9. The Kier molecular flexibility index (Phi) is 10.3. The third-order valence-electron chi connectivity index (χ3n) is 5.85. The normalized spacial score (nSPS) is 10.9. The molecule has 42 heavy (non-hydrogen) atoms. The van der Waals surface area contributed by atoms with E-state index in [2.05, 4.69) is 16.0 Å².